The van der Waals surface area contributed by atoms with Crippen molar-refractivity contribution >= 4 is 17.9 Å². The van der Waals surface area contributed by atoms with Crippen molar-refractivity contribution < 1.29 is 18.4 Å². The van der Waals surface area contributed by atoms with Crippen molar-refractivity contribution in [1.82, 2.24) is 10.2 Å². The molecule has 0 aliphatic heterocycles. The molecule has 0 heterocycles. The van der Waals surface area contributed by atoms with E-state index in [4.69, 9.17) is 0 Å². The van der Waals surface area contributed by atoms with Crippen LogP contribution in [0.1, 0.15) is 18.9 Å². The Morgan fingerprint density at radius 3 is 2.61 bits per heavy atom. The number of benzene rings is 1. The summed E-state index contributed by atoms with van der Waals surface area (Å²) < 4.78 is 26.0. The van der Waals surface area contributed by atoms with Gasteiger partial charge in [0, 0.05) is 25.7 Å². The molecule has 124 valence electrons. The predicted molar refractivity (Wildman–Crippen MR) is 85.5 cm³/mol. The lowest BCUT2D eigenvalue weighted by atomic mass is 10.1. The first-order valence-electron chi connectivity index (χ1n) is 7.14. The maximum absolute atomic E-state index is 13.1. The van der Waals surface area contributed by atoms with Gasteiger partial charge in [-0.15, -0.1) is 0 Å². The lowest BCUT2D eigenvalue weighted by Gasteiger charge is -2.17. The molecule has 0 atom stereocenters. The van der Waals surface area contributed by atoms with E-state index in [-0.39, 0.29) is 11.8 Å². The van der Waals surface area contributed by atoms with Crippen LogP contribution >= 0.6 is 0 Å². The lowest BCUT2D eigenvalue weighted by Crippen LogP contribution is -2.31. The fourth-order valence-corrected chi connectivity index (χ4v) is 1.92. The van der Waals surface area contributed by atoms with Crippen LogP contribution in [0, 0.1) is 11.6 Å². The third kappa shape index (κ3) is 6.02. The molecule has 1 N–H and O–H groups in total. The number of nitrogens with one attached hydrogen (secondary N) is 1. The minimum absolute atomic E-state index is 0.218. The second-order valence-electron chi connectivity index (χ2n) is 5.08. The topological polar surface area (TPSA) is 49.4 Å². The number of hydrogen-bond acceptors (Lipinski definition) is 2. The maximum atomic E-state index is 13.1. The van der Waals surface area contributed by atoms with Crippen molar-refractivity contribution in [2.75, 3.05) is 20.1 Å². The quantitative estimate of drug-likeness (QED) is 0.619. The molecule has 23 heavy (non-hydrogen) atoms. The third-order valence-electron chi connectivity index (χ3n) is 3.17. The highest BCUT2D eigenvalue weighted by Crippen LogP contribution is 2.13. The van der Waals surface area contributed by atoms with Gasteiger partial charge in [0.2, 0.25) is 11.8 Å². The van der Waals surface area contributed by atoms with Gasteiger partial charge in [-0.2, -0.15) is 0 Å². The highest BCUT2D eigenvalue weighted by molar-refractivity contribution is 5.97. The number of rotatable bonds is 7. The summed E-state index contributed by atoms with van der Waals surface area (Å²) in [5.41, 5.74) is 0.829. The van der Waals surface area contributed by atoms with Crippen LogP contribution in [0.2, 0.25) is 0 Å². The third-order valence-corrected chi connectivity index (χ3v) is 3.17. The average molecular weight is 322 g/mol. The highest BCUT2D eigenvalue weighted by Gasteiger charge is 2.11. The largest absolute Gasteiger partial charge is 0.353 e. The molecular weight excluding hydrogens is 302 g/mol. The smallest absolute Gasteiger partial charge is 0.249 e. The highest BCUT2D eigenvalue weighted by atomic mass is 19.2. The van der Waals surface area contributed by atoms with Crippen LogP contribution < -0.4 is 5.32 Å². The Kier molecular flexibility index (Phi) is 7.12. The molecule has 1 aromatic rings. The van der Waals surface area contributed by atoms with E-state index in [9.17, 15) is 18.4 Å². The second-order valence-corrected chi connectivity index (χ2v) is 5.08. The zero-order valence-electron chi connectivity index (χ0n) is 13.2. The van der Waals surface area contributed by atoms with E-state index in [2.05, 4.69) is 11.9 Å². The van der Waals surface area contributed by atoms with Gasteiger partial charge >= 0.3 is 0 Å². The lowest BCUT2D eigenvalue weighted by molar-refractivity contribution is -0.125. The van der Waals surface area contributed by atoms with E-state index in [1.165, 1.54) is 23.1 Å². The summed E-state index contributed by atoms with van der Waals surface area (Å²) in [5.74, 6) is -2.35. The number of likely N-dealkylation sites (N-methyl/N-ethyl adjacent to an activating group) is 1. The van der Waals surface area contributed by atoms with Gasteiger partial charge in [0.05, 0.1) is 0 Å². The Bertz CT molecular complexity index is 627. The Labute approximate surface area is 134 Å². The second kappa shape index (κ2) is 8.82. The van der Waals surface area contributed by atoms with E-state index in [0.717, 1.165) is 12.1 Å². The predicted octanol–water partition coefficient (Wildman–Crippen LogP) is 2.52. The standard InChI is InChI=1S/C17H20F2N2O2/c1-4-16(22)20-8-5-9-21(3)17(23)12(2)10-13-6-7-14(18)15(19)11-13/h4,6-7,10-11H,1,5,8-9H2,2-3H3,(H,20,22)/b12-10+. The van der Waals surface area contributed by atoms with E-state index >= 15 is 0 Å². The molecule has 0 aliphatic rings. The zero-order chi connectivity index (χ0) is 17.4. The summed E-state index contributed by atoms with van der Waals surface area (Å²) in [4.78, 5) is 24.7. The Balaban J connectivity index is 2.57. The van der Waals surface area contributed by atoms with Gasteiger partial charge in [0.15, 0.2) is 11.6 Å². The van der Waals surface area contributed by atoms with Crippen LogP contribution in [0.5, 0.6) is 0 Å². The summed E-state index contributed by atoms with van der Waals surface area (Å²) in [6, 6.07) is 3.46. The van der Waals surface area contributed by atoms with Gasteiger partial charge in [0.1, 0.15) is 0 Å². The fraction of sp³-hybridized carbons (Fsp3) is 0.294. The van der Waals surface area contributed by atoms with Gasteiger partial charge in [-0.1, -0.05) is 12.6 Å². The molecule has 0 unspecified atom stereocenters. The van der Waals surface area contributed by atoms with Crippen LogP contribution in [0.25, 0.3) is 6.08 Å². The van der Waals surface area contributed by atoms with Crippen molar-refractivity contribution in [2.45, 2.75) is 13.3 Å². The number of hydrogen-bond donors (Lipinski definition) is 1. The molecule has 6 heteroatoms. The molecule has 0 bridgehead atoms. The van der Waals surface area contributed by atoms with Gasteiger partial charge < -0.3 is 10.2 Å². The van der Waals surface area contributed by atoms with Gasteiger partial charge in [-0.3, -0.25) is 9.59 Å². The first kappa shape index (κ1) is 18.5. The average Bonchev–Trinajstić information content (AvgIpc) is 2.53. The molecule has 0 aromatic heterocycles. The minimum Gasteiger partial charge on any atom is -0.353 e. The van der Waals surface area contributed by atoms with Gasteiger partial charge in [0.25, 0.3) is 0 Å². The number of amides is 2. The monoisotopic (exact) mass is 322 g/mol. The number of carbonyl (C=O) groups is 2. The summed E-state index contributed by atoms with van der Waals surface area (Å²) in [7, 11) is 1.64. The van der Waals surface area contributed by atoms with Crippen LogP contribution in [-0.4, -0.2) is 36.9 Å². The van der Waals surface area contributed by atoms with Crippen LogP contribution in [0.4, 0.5) is 8.78 Å². The molecule has 0 fully saturated rings. The summed E-state index contributed by atoms with van der Waals surface area (Å²) in [5, 5.41) is 2.62. The number of halogens is 2. The number of carbonyl (C=O) groups excluding carboxylic acids is 2. The first-order valence-corrected chi connectivity index (χ1v) is 7.14. The first-order chi connectivity index (χ1) is 10.8. The summed E-state index contributed by atoms with van der Waals surface area (Å²) in [6.45, 7) is 5.85. The maximum Gasteiger partial charge on any atom is 0.249 e. The Morgan fingerprint density at radius 1 is 1.30 bits per heavy atom. The van der Waals surface area contributed by atoms with Crippen molar-refractivity contribution in [1.29, 1.82) is 0 Å². The zero-order valence-corrected chi connectivity index (χ0v) is 13.2. The molecule has 0 spiro atoms. The van der Waals surface area contributed by atoms with Gasteiger partial charge in [-0.05, 0) is 43.2 Å². The molecule has 0 aliphatic carbocycles. The van der Waals surface area contributed by atoms with Gasteiger partial charge in [-0.25, -0.2) is 8.78 Å². The van der Waals surface area contributed by atoms with Crippen LogP contribution in [-0.2, 0) is 9.59 Å². The minimum atomic E-state index is -0.953. The van der Waals surface area contributed by atoms with Crippen molar-refractivity contribution in [2.24, 2.45) is 0 Å². The van der Waals surface area contributed by atoms with Crippen LogP contribution in [0.3, 0.4) is 0 Å². The van der Waals surface area contributed by atoms with E-state index in [1.807, 2.05) is 0 Å². The molecule has 2 amide bonds. The summed E-state index contributed by atoms with van der Waals surface area (Å²) >= 11 is 0. The molecule has 1 aromatic carbocycles. The van der Waals surface area contributed by atoms with E-state index in [0.29, 0.717) is 30.6 Å². The van der Waals surface area contributed by atoms with E-state index in [1.54, 1.807) is 14.0 Å². The molecule has 4 nitrogen and oxygen atoms in total. The number of nitrogens with zero attached hydrogens (tertiary/aromatic N) is 1. The van der Waals surface area contributed by atoms with Crippen molar-refractivity contribution in [3.05, 3.63) is 53.6 Å². The van der Waals surface area contributed by atoms with E-state index < -0.39 is 11.6 Å². The normalized spacial score (nSPS) is 11.0. The fourth-order valence-electron chi connectivity index (χ4n) is 1.92. The van der Waals surface area contributed by atoms with Crippen molar-refractivity contribution in [3.63, 3.8) is 0 Å². The molecule has 0 saturated heterocycles. The SMILES string of the molecule is C=CC(=O)NCCCN(C)C(=O)/C(C)=C/c1ccc(F)c(F)c1. The summed E-state index contributed by atoms with van der Waals surface area (Å²) in [6.07, 6.45) is 3.28. The molecule has 1 rings (SSSR count). The Hall–Kier alpha value is -2.50. The Morgan fingerprint density at radius 2 is 2.00 bits per heavy atom. The van der Waals surface area contributed by atoms with Crippen molar-refractivity contribution in [3.8, 4) is 0 Å². The molecular formula is C17H20F2N2O2. The molecule has 0 saturated carbocycles. The van der Waals surface area contributed by atoms with Crippen LogP contribution in [0.15, 0.2) is 36.4 Å². The molecule has 0 radical (unpaired) electrons.